The number of likely N-dealkylation sites (tertiary alicyclic amines) is 1. The minimum absolute atomic E-state index is 0.618. The average molecular weight is 228 g/mol. The number of hydrogen-bond acceptors (Lipinski definition) is 3. The van der Waals surface area contributed by atoms with Gasteiger partial charge in [-0.1, -0.05) is 13.3 Å². The highest BCUT2D eigenvalue weighted by molar-refractivity contribution is 4.82. The summed E-state index contributed by atoms with van der Waals surface area (Å²) in [6, 6.07) is 1.38. The summed E-state index contributed by atoms with van der Waals surface area (Å²) in [6.07, 6.45) is 6.59. The van der Waals surface area contributed by atoms with E-state index in [1.54, 1.807) is 0 Å². The molecule has 3 nitrogen and oxygen atoms in total. The Kier molecular flexibility index (Phi) is 7.01. The fourth-order valence-corrected chi connectivity index (χ4v) is 2.77. The molecule has 0 amide bonds. The molecule has 0 spiro atoms. The van der Waals surface area contributed by atoms with Gasteiger partial charge in [-0.15, -0.1) is 0 Å². The molecular formula is C13H28N2O. The summed E-state index contributed by atoms with van der Waals surface area (Å²) < 4.78 is 5.34. The highest BCUT2D eigenvalue weighted by atomic mass is 16.5. The van der Waals surface area contributed by atoms with Gasteiger partial charge in [0.2, 0.25) is 0 Å². The standard InChI is InChI=1S/C13H28N2O/c1-4-12(11-16-3)15-10-6-5-7-13(15)8-9-14-2/h12-14H,4-11H2,1-3H3. The summed E-state index contributed by atoms with van der Waals surface area (Å²) in [4.78, 5) is 2.68. The van der Waals surface area contributed by atoms with Gasteiger partial charge in [0.25, 0.3) is 0 Å². The predicted octanol–water partition coefficient (Wildman–Crippen LogP) is 1.88. The van der Waals surface area contributed by atoms with E-state index >= 15 is 0 Å². The van der Waals surface area contributed by atoms with Crippen molar-refractivity contribution in [3.63, 3.8) is 0 Å². The molecule has 1 rings (SSSR count). The Labute approximate surface area is 101 Å². The Hall–Kier alpha value is -0.120. The van der Waals surface area contributed by atoms with Crippen LogP contribution in [0.25, 0.3) is 0 Å². The highest BCUT2D eigenvalue weighted by Crippen LogP contribution is 2.23. The van der Waals surface area contributed by atoms with Gasteiger partial charge < -0.3 is 10.1 Å². The third-order valence-electron chi connectivity index (χ3n) is 3.70. The van der Waals surface area contributed by atoms with Gasteiger partial charge in [-0.25, -0.2) is 0 Å². The van der Waals surface area contributed by atoms with Crippen molar-refractivity contribution in [3.8, 4) is 0 Å². The Morgan fingerprint density at radius 1 is 1.44 bits per heavy atom. The fourth-order valence-electron chi connectivity index (χ4n) is 2.77. The smallest absolute Gasteiger partial charge is 0.0618 e. The second-order valence-electron chi connectivity index (χ2n) is 4.80. The summed E-state index contributed by atoms with van der Waals surface area (Å²) >= 11 is 0. The first-order chi connectivity index (χ1) is 7.83. The van der Waals surface area contributed by atoms with E-state index in [-0.39, 0.29) is 0 Å². The third-order valence-corrected chi connectivity index (χ3v) is 3.70. The molecule has 1 aliphatic rings. The van der Waals surface area contributed by atoms with Crippen molar-refractivity contribution < 1.29 is 4.74 Å². The lowest BCUT2D eigenvalue weighted by Gasteiger charge is -2.41. The zero-order valence-corrected chi connectivity index (χ0v) is 11.2. The molecule has 0 aliphatic carbocycles. The number of hydrogen-bond donors (Lipinski definition) is 1. The van der Waals surface area contributed by atoms with E-state index in [1.165, 1.54) is 38.6 Å². The van der Waals surface area contributed by atoms with E-state index in [9.17, 15) is 0 Å². The average Bonchev–Trinajstić information content (AvgIpc) is 2.34. The molecule has 0 aromatic rings. The summed E-state index contributed by atoms with van der Waals surface area (Å²) in [6.45, 7) is 5.54. The first kappa shape index (κ1) is 13.9. The van der Waals surface area contributed by atoms with Crippen LogP contribution in [-0.4, -0.2) is 50.8 Å². The summed E-state index contributed by atoms with van der Waals surface area (Å²) in [5, 5.41) is 3.27. The summed E-state index contributed by atoms with van der Waals surface area (Å²) in [5.74, 6) is 0. The number of ether oxygens (including phenoxy) is 1. The van der Waals surface area contributed by atoms with E-state index in [1.807, 2.05) is 14.2 Å². The van der Waals surface area contributed by atoms with Gasteiger partial charge in [-0.05, 0) is 45.8 Å². The van der Waals surface area contributed by atoms with Crippen LogP contribution in [0.4, 0.5) is 0 Å². The first-order valence-corrected chi connectivity index (χ1v) is 6.72. The van der Waals surface area contributed by atoms with Crippen molar-refractivity contribution in [3.05, 3.63) is 0 Å². The van der Waals surface area contributed by atoms with Crippen molar-refractivity contribution in [1.29, 1.82) is 0 Å². The highest BCUT2D eigenvalue weighted by Gasteiger charge is 2.27. The lowest BCUT2D eigenvalue weighted by molar-refractivity contribution is 0.0355. The summed E-state index contributed by atoms with van der Waals surface area (Å²) in [7, 11) is 3.86. The van der Waals surface area contributed by atoms with Crippen LogP contribution in [0.2, 0.25) is 0 Å². The lowest BCUT2D eigenvalue weighted by atomic mass is 9.96. The normalized spacial score (nSPS) is 24.6. The van der Waals surface area contributed by atoms with Crippen LogP contribution >= 0.6 is 0 Å². The molecule has 2 unspecified atom stereocenters. The zero-order valence-electron chi connectivity index (χ0n) is 11.2. The number of piperidine rings is 1. The fraction of sp³-hybridized carbons (Fsp3) is 1.00. The topological polar surface area (TPSA) is 24.5 Å². The molecule has 0 radical (unpaired) electrons. The molecule has 1 fully saturated rings. The van der Waals surface area contributed by atoms with Crippen LogP contribution in [0.1, 0.15) is 39.0 Å². The maximum atomic E-state index is 5.34. The molecule has 16 heavy (non-hydrogen) atoms. The lowest BCUT2D eigenvalue weighted by Crippen LogP contribution is -2.48. The maximum Gasteiger partial charge on any atom is 0.0618 e. The molecule has 0 aromatic heterocycles. The van der Waals surface area contributed by atoms with E-state index < -0.39 is 0 Å². The van der Waals surface area contributed by atoms with Crippen molar-refractivity contribution >= 4 is 0 Å². The van der Waals surface area contributed by atoms with Gasteiger partial charge >= 0.3 is 0 Å². The molecule has 1 aliphatic heterocycles. The Morgan fingerprint density at radius 2 is 2.25 bits per heavy atom. The summed E-state index contributed by atoms with van der Waals surface area (Å²) in [5.41, 5.74) is 0. The van der Waals surface area contributed by atoms with E-state index in [4.69, 9.17) is 4.74 Å². The van der Waals surface area contributed by atoms with Crippen molar-refractivity contribution in [2.75, 3.05) is 33.9 Å². The Balaban J connectivity index is 2.49. The predicted molar refractivity (Wildman–Crippen MR) is 68.8 cm³/mol. The minimum Gasteiger partial charge on any atom is -0.383 e. The van der Waals surface area contributed by atoms with Crippen LogP contribution in [0, 0.1) is 0 Å². The third kappa shape index (κ3) is 4.04. The molecule has 1 saturated heterocycles. The second kappa shape index (κ2) is 8.04. The monoisotopic (exact) mass is 228 g/mol. The minimum atomic E-state index is 0.618. The quantitative estimate of drug-likeness (QED) is 0.720. The van der Waals surface area contributed by atoms with Crippen LogP contribution in [0.15, 0.2) is 0 Å². The second-order valence-corrected chi connectivity index (χ2v) is 4.80. The molecule has 0 aromatic carbocycles. The number of methoxy groups -OCH3 is 1. The van der Waals surface area contributed by atoms with E-state index in [0.717, 1.165) is 19.2 Å². The molecule has 0 saturated carbocycles. The largest absolute Gasteiger partial charge is 0.383 e. The molecule has 1 heterocycles. The number of nitrogens with one attached hydrogen (secondary N) is 1. The maximum absolute atomic E-state index is 5.34. The molecule has 0 bridgehead atoms. The SMILES string of the molecule is CCC(COC)N1CCCCC1CCNC. The number of nitrogens with zero attached hydrogens (tertiary/aromatic N) is 1. The molecule has 3 heteroatoms. The molecule has 2 atom stereocenters. The van der Waals surface area contributed by atoms with Gasteiger partial charge in [0.05, 0.1) is 6.61 Å². The van der Waals surface area contributed by atoms with Crippen molar-refractivity contribution in [2.24, 2.45) is 0 Å². The van der Waals surface area contributed by atoms with Gasteiger partial charge in [-0.3, -0.25) is 4.90 Å². The van der Waals surface area contributed by atoms with Crippen LogP contribution < -0.4 is 5.32 Å². The van der Waals surface area contributed by atoms with Gasteiger partial charge in [0.1, 0.15) is 0 Å². The van der Waals surface area contributed by atoms with E-state index in [0.29, 0.717) is 6.04 Å². The van der Waals surface area contributed by atoms with Crippen LogP contribution in [-0.2, 0) is 4.74 Å². The van der Waals surface area contributed by atoms with Crippen LogP contribution in [0.5, 0.6) is 0 Å². The van der Waals surface area contributed by atoms with Gasteiger partial charge in [-0.2, -0.15) is 0 Å². The molecule has 1 N–H and O–H groups in total. The van der Waals surface area contributed by atoms with E-state index in [2.05, 4.69) is 17.1 Å². The molecule has 96 valence electrons. The van der Waals surface area contributed by atoms with Gasteiger partial charge in [0, 0.05) is 19.2 Å². The molecular weight excluding hydrogens is 200 g/mol. The zero-order chi connectivity index (χ0) is 11.8. The van der Waals surface area contributed by atoms with Crippen LogP contribution in [0.3, 0.4) is 0 Å². The van der Waals surface area contributed by atoms with Crippen molar-refractivity contribution in [1.82, 2.24) is 10.2 Å². The van der Waals surface area contributed by atoms with Gasteiger partial charge in [0.15, 0.2) is 0 Å². The Bertz CT molecular complexity index is 175. The first-order valence-electron chi connectivity index (χ1n) is 6.72. The number of rotatable bonds is 7. The Morgan fingerprint density at radius 3 is 2.88 bits per heavy atom. The van der Waals surface area contributed by atoms with Crippen molar-refractivity contribution in [2.45, 2.75) is 51.1 Å².